The van der Waals surface area contributed by atoms with Gasteiger partial charge in [0.2, 0.25) is 5.91 Å². The SMILES string of the molecule is Cc1csc2c(OCc3ccccc3)cc3c(c12)C(CCl)CN3C(=O)Nc1cc(C(=O)Nc2cc(C(=O)Nc3cc(C(=O)NCCC(N)=O)n(C)c3)n(C)c2)n(C)c1. The Hall–Kier alpha value is -6.52. The first-order chi connectivity index (χ1) is 27.8. The van der Waals surface area contributed by atoms with Crippen molar-refractivity contribution in [1.82, 2.24) is 19.0 Å². The molecule has 1 aliphatic rings. The van der Waals surface area contributed by atoms with E-state index >= 15 is 0 Å². The summed E-state index contributed by atoms with van der Waals surface area (Å²) in [7, 11) is 5.01. The molecule has 0 bridgehead atoms. The maximum absolute atomic E-state index is 14.0. The number of aromatic nitrogens is 3. The minimum Gasteiger partial charge on any atom is -0.487 e. The highest BCUT2D eigenvalue weighted by Gasteiger charge is 2.36. The van der Waals surface area contributed by atoms with E-state index in [4.69, 9.17) is 22.1 Å². The van der Waals surface area contributed by atoms with E-state index in [1.54, 1.807) is 75.7 Å². The third-order valence-electron chi connectivity index (χ3n) is 9.92. The molecule has 5 heterocycles. The summed E-state index contributed by atoms with van der Waals surface area (Å²) in [5.41, 5.74) is 11.0. The number of hydrogen-bond donors (Lipinski definition) is 5. The summed E-state index contributed by atoms with van der Waals surface area (Å²) in [6, 6.07) is 16.1. The Bertz CT molecular complexity index is 2570. The largest absolute Gasteiger partial charge is 0.487 e. The van der Waals surface area contributed by atoms with Gasteiger partial charge in [-0.15, -0.1) is 22.9 Å². The van der Waals surface area contributed by atoms with Crippen molar-refractivity contribution in [2.75, 3.05) is 39.8 Å². The number of rotatable bonds is 13. The van der Waals surface area contributed by atoms with E-state index in [0.29, 0.717) is 41.8 Å². The standard InChI is InChI=1S/C41H42ClN9O6S/c1-23-22-58-37-33(57-21-24-8-6-5-7-9-24)15-29-36(35(23)37)25(16-42)17-51(29)41(56)47-28-14-32(50(4)20-28)40(55)46-27-13-31(49(3)19-27)39(54)45-26-12-30(48(2)18-26)38(53)44-11-10-34(43)52/h5-9,12-15,18-20,22,25H,10-11,16-17,21H2,1-4H3,(H2,43,52)(H,44,53)(H,45,54)(H,46,55)(H,47,56). The first-order valence-corrected chi connectivity index (χ1v) is 19.8. The first-order valence-electron chi connectivity index (χ1n) is 18.4. The fourth-order valence-corrected chi connectivity index (χ4v) is 8.40. The van der Waals surface area contributed by atoms with Gasteiger partial charge in [0.05, 0.1) is 27.4 Å². The number of primary amides is 1. The predicted molar refractivity (Wildman–Crippen MR) is 225 cm³/mol. The van der Waals surface area contributed by atoms with Gasteiger partial charge in [-0.25, -0.2) is 4.79 Å². The topological polar surface area (TPSA) is 187 Å². The van der Waals surface area contributed by atoms with Crippen LogP contribution in [0.1, 0.15) is 60.5 Å². The zero-order valence-corrected chi connectivity index (χ0v) is 33.8. The highest BCUT2D eigenvalue weighted by molar-refractivity contribution is 7.17. The summed E-state index contributed by atoms with van der Waals surface area (Å²) in [5, 5.41) is 14.3. The Balaban J connectivity index is 1.03. The second kappa shape index (κ2) is 16.5. The Labute approximate surface area is 342 Å². The Morgan fingerprint density at radius 3 is 1.97 bits per heavy atom. The van der Waals surface area contributed by atoms with Crippen LogP contribution in [0.5, 0.6) is 5.75 Å². The second-order valence-electron chi connectivity index (χ2n) is 14.2. The van der Waals surface area contributed by atoms with Crippen molar-refractivity contribution >= 4 is 85.4 Å². The lowest BCUT2D eigenvalue weighted by Crippen LogP contribution is -2.34. The number of alkyl halides is 1. The van der Waals surface area contributed by atoms with Gasteiger partial charge in [0, 0.05) is 82.5 Å². The van der Waals surface area contributed by atoms with Crippen molar-refractivity contribution in [2.24, 2.45) is 26.9 Å². The molecular weight excluding hydrogens is 782 g/mol. The highest BCUT2D eigenvalue weighted by Crippen LogP contribution is 2.49. The van der Waals surface area contributed by atoms with Crippen LogP contribution in [-0.2, 0) is 32.5 Å². The number of benzene rings is 2. The lowest BCUT2D eigenvalue weighted by atomic mass is 9.97. The third kappa shape index (κ3) is 8.15. The Kier molecular flexibility index (Phi) is 11.3. The number of carbonyl (C=O) groups excluding carboxylic acids is 5. The molecule has 15 nitrogen and oxygen atoms in total. The average molecular weight is 824 g/mol. The van der Waals surface area contributed by atoms with Gasteiger partial charge < -0.3 is 45.4 Å². The summed E-state index contributed by atoms with van der Waals surface area (Å²) in [6.07, 6.45) is 4.84. The molecule has 6 amide bonds. The van der Waals surface area contributed by atoms with Crippen molar-refractivity contribution in [3.63, 3.8) is 0 Å². The van der Waals surface area contributed by atoms with E-state index in [1.807, 2.05) is 36.4 Å². The number of anilines is 4. The summed E-state index contributed by atoms with van der Waals surface area (Å²) in [6.45, 7) is 2.90. The number of fused-ring (bicyclic) bond motifs is 3. The van der Waals surface area contributed by atoms with Crippen LogP contribution in [-0.4, -0.2) is 62.3 Å². The highest BCUT2D eigenvalue weighted by atomic mass is 35.5. The van der Waals surface area contributed by atoms with Crippen LogP contribution >= 0.6 is 22.9 Å². The minimum atomic E-state index is -0.531. The molecule has 0 fully saturated rings. The van der Waals surface area contributed by atoms with Gasteiger partial charge in [-0.2, -0.15) is 0 Å². The van der Waals surface area contributed by atoms with Crippen LogP contribution in [0.15, 0.2) is 78.6 Å². The number of ether oxygens (including phenoxy) is 1. The van der Waals surface area contributed by atoms with E-state index in [-0.39, 0.29) is 42.0 Å². The Morgan fingerprint density at radius 1 is 0.828 bits per heavy atom. The quantitative estimate of drug-likeness (QED) is 0.0853. The monoisotopic (exact) mass is 823 g/mol. The summed E-state index contributed by atoms with van der Waals surface area (Å²) < 4.78 is 12.1. The van der Waals surface area contributed by atoms with E-state index in [9.17, 15) is 24.0 Å². The van der Waals surface area contributed by atoms with E-state index in [1.165, 1.54) is 12.1 Å². The van der Waals surface area contributed by atoms with Crippen LogP contribution < -0.4 is 36.6 Å². The Morgan fingerprint density at radius 2 is 1.40 bits per heavy atom. The van der Waals surface area contributed by atoms with E-state index in [0.717, 1.165) is 32.5 Å². The number of hydrogen-bond acceptors (Lipinski definition) is 7. The van der Waals surface area contributed by atoms with Crippen LogP contribution in [0.2, 0.25) is 0 Å². The van der Waals surface area contributed by atoms with Gasteiger partial charge in [0.1, 0.15) is 29.4 Å². The lowest BCUT2D eigenvalue weighted by molar-refractivity contribution is -0.117. The van der Waals surface area contributed by atoms with Gasteiger partial charge in [-0.1, -0.05) is 30.3 Å². The molecule has 0 spiro atoms. The number of nitrogens with two attached hydrogens (primary N) is 1. The molecule has 1 aliphatic heterocycles. The van der Waals surface area contributed by atoms with Gasteiger partial charge in [0.25, 0.3) is 17.7 Å². The van der Waals surface area contributed by atoms with Crippen molar-refractivity contribution in [2.45, 2.75) is 25.9 Å². The molecule has 6 aromatic rings. The van der Waals surface area contributed by atoms with Gasteiger partial charge in [0.15, 0.2) is 0 Å². The molecule has 7 rings (SSSR count). The number of nitrogens with zero attached hydrogens (tertiary/aromatic N) is 4. The van der Waals surface area contributed by atoms with Gasteiger partial charge in [-0.3, -0.25) is 24.1 Å². The molecule has 17 heteroatoms. The zero-order valence-electron chi connectivity index (χ0n) is 32.2. The van der Waals surface area contributed by atoms with Crippen molar-refractivity contribution in [1.29, 1.82) is 0 Å². The molecule has 58 heavy (non-hydrogen) atoms. The molecule has 300 valence electrons. The molecule has 2 aromatic carbocycles. The van der Waals surface area contributed by atoms with Crippen molar-refractivity contribution in [3.8, 4) is 5.75 Å². The number of carbonyl (C=O) groups is 5. The van der Waals surface area contributed by atoms with Gasteiger partial charge in [-0.05, 0) is 47.2 Å². The number of amides is 6. The fraction of sp³-hybridized carbons (Fsp3) is 0.244. The van der Waals surface area contributed by atoms with Gasteiger partial charge >= 0.3 is 6.03 Å². The van der Waals surface area contributed by atoms with E-state index in [2.05, 4.69) is 33.6 Å². The minimum absolute atomic E-state index is 0.00426. The summed E-state index contributed by atoms with van der Waals surface area (Å²) in [5.74, 6) is -0.951. The number of thiophene rings is 1. The van der Waals surface area contributed by atoms with Crippen LogP contribution in [0, 0.1) is 6.92 Å². The number of aryl methyl sites for hydroxylation is 4. The van der Waals surface area contributed by atoms with Crippen LogP contribution in [0.4, 0.5) is 27.5 Å². The molecule has 1 atom stereocenters. The normalized spacial score (nSPS) is 13.3. The molecule has 0 saturated carbocycles. The summed E-state index contributed by atoms with van der Waals surface area (Å²) >= 11 is 8.12. The van der Waals surface area contributed by atoms with Crippen LogP contribution in [0.25, 0.3) is 10.1 Å². The smallest absolute Gasteiger partial charge is 0.326 e. The molecular formula is C41H42ClN9O6S. The molecule has 4 aromatic heterocycles. The predicted octanol–water partition coefficient (Wildman–Crippen LogP) is 6.29. The molecule has 0 saturated heterocycles. The second-order valence-corrected chi connectivity index (χ2v) is 15.3. The van der Waals surface area contributed by atoms with E-state index < -0.39 is 23.6 Å². The summed E-state index contributed by atoms with van der Waals surface area (Å²) in [4.78, 5) is 65.9. The van der Waals surface area contributed by atoms with Crippen molar-refractivity contribution in [3.05, 3.63) is 112 Å². The maximum atomic E-state index is 14.0. The number of nitrogens with one attached hydrogen (secondary N) is 4. The maximum Gasteiger partial charge on any atom is 0.326 e. The zero-order chi connectivity index (χ0) is 41.2. The lowest BCUT2D eigenvalue weighted by Gasteiger charge is -2.19. The average Bonchev–Trinajstić information content (AvgIpc) is 4.01. The molecule has 0 radical (unpaired) electrons. The number of urea groups is 1. The number of halogens is 1. The first kappa shape index (κ1) is 39.7. The fourth-order valence-electron chi connectivity index (χ4n) is 7.11. The van der Waals surface area contributed by atoms with Crippen molar-refractivity contribution < 1.29 is 28.7 Å². The molecule has 1 unspecified atom stereocenters. The molecule has 6 N–H and O–H groups in total. The van der Waals surface area contributed by atoms with Crippen LogP contribution in [0.3, 0.4) is 0 Å². The third-order valence-corrected chi connectivity index (χ3v) is 11.4. The molecule has 0 aliphatic carbocycles.